The van der Waals surface area contributed by atoms with Crippen LogP contribution in [0.4, 0.5) is 0 Å². The smallest absolute Gasteiger partial charge is 0.203 e. The van der Waals surface area contributed by atoms with E-state index in [0.29, 0.717) is 18.0 Å². The van der Waals surface area contributed by atoms with Crippen LogP contribution in [0.25, 0.3) is 22.6 Å². The zero-order valence-electron chi connectivity index (χ0n) is 17.2. The molecular weight excluding hydrogens is 404 g/mol. The largest absolute Gasteiger partial charge is 0.283 e. The minimum atomic E-state index is 0.589. The average Bonchev–Trinajstić information content (AvgIpc) is 3.36. The highest BCUT2D eigenvalue weighted by atomic mass is 32.1. The van der Waals surface area contributed by atoms with Crippen molar-refractivity contribution >= 4 is 17.9 Å². The number of aromatic nitrogens is 5. The minimum absolute atomic E-state index is 0.589. The summed E-state index contributed by atoms with van der Waals surface area (Å²) in [6.45, 7) is 1.30. The van der Waals surface area contributed by atoms with Gasteiger partial charge in [0.1, 0.15) is 0 Å². The Morgan fingerprint density at radius 2 is 1.58 bits per heavy atom. The molecule has 5 aromatic rings. The fourth-order valence-corrected chi connectivity index (χ4v) is 3.96. The van der Waals surface area contributed by atoms with Gasteiger partial charge in [-0.2, -0.15) is 10.2 Å². The first-order valence-electron chi connectivity index (χ1n) is 10.1. The van der Waals surface area contributed by atoms with E-state index < -0.39 is 0 Å². The minimum Gasteiger partial charge on any atom is -0.283 e. The van der Waals surface area contributed by atoms with Gasteiger partial charge in [0, 0.05) is 30.1 Å². The van der Waals surface area contributed by atoms with Gasteiger partial charge in [0.2, 0.25) is 4.77 Å². The predicted octanol–water partition coefficient (Wildman–Crippen LogP) is 4.81. The third-order valence-corrected chi connectivity index (χ3v) is 5.57. The fourth-order valence-electron chi connectivity index (χ4n) is 3.71. The van der Waals surface area contributed by atoms with Gasteiger partial charge in [-0.3, -0.25) is 9.30 Å². The van der Waals surface area contributed by atoms with Gasteiger partial charge in [0.15, 0.2) is 5.65 Å². The van der Waals surface area contributed by atoms with Crippen LogP contribution >= 0.6 is 12.2 Å². The maximum Gasteiger partial charge on any atom is 0.203 e. The van der Waals surface area contributed by atoms with Crippen LogP contribution in [0.3, 0.4) is 0 Å². The molecule has 0 N–H and O–H groups in total. The summed E-state index contributed by atoms with van der Waals surface area (Å²) in [7, 11) is 2.07. The van der Waals surface area contributed by atoms with E-state index in [1.807, 2.05) is 74.6 Å². The van der Waals surface area contributed by atoms with E-state index in [9.17, 15) is 0 Å². The standard InChI is InChI=1S/C24H22N6S/c1-27(18-30-24(31)28-15-9-8-14-22(28)25-30)16-20-17-29(21-12-6-3-7-13-21)26-23(20)19-10-4-2-5-11-19/h2-15,17H,16,18H2,1H3. The molecule has 0 saturated carbocycles. The SMILES string of the molecule is CN(Cc1cn(-c2ccccc2)nc1-c1ccccc1)Cn1nc2ccccn2c1=S. The molecule has 0 spiro atoms. The quantitative estimate of drug-likeness (QED) is 0.366. The molecule has 0 unspecified atom stereocenters. The lowest BCUT2D eigenvalue weighted by atomic mass is 10.1. The zero-order valence-corrected chi connectivity index (χ0v) is 18.0. The number of benzene rings is 2. The van der Waals surface area contributed by atoms with Crippen LogP contribution in [-0.2, 0) is 13.2 Å². The van der Waals surface area contributed by atoms with Gasteiger partial charge in [-0.25, -0.2) is 9.36 Å². The molecule has 0 bridgehead atoms. The molecule has 0 fully saturated rings. The van der Waals surface area contributed by atoms with Crippen molar-refractivity contribution in [3.63, 3.8) is 0 Å². The predicted molar refractivity (Wildman–Crippen MR) is 124 cm³/mol. The highest BCUT2D eigenvalue weighted by Crippen LogP contribution is 2.24. The average molecular weight is 427 g/mol. The number of hydrogen-bond donors (Lipinski definition) is 0. The van der Waals surface area contributed by atoms with E-state index in [2.05, 4.69) is 47.5 Å². The molecule has 154 valence electrons. The molecule has 2 aromatic carbocycles. The second kappa shape index (κ2) is 8.29. The number of pyridine rings is 1. The fraction of sp³-hybridized carbons (Fsp3) is 0.125. The van der Waals surface area contributed by atoms with Crippen LogP contribution in [0.15, 0.2) is 91.3 Å². The van der Waals surface area contributed by atoms with Crippen molar-refractivity contribution in [2.24, 2.45) is 0 Å². The van der Waals surface area contributed by atoms with Crippen LogP contribution in [0.1, 0.15) is 5.56 Å². The first-order valence-corrected chi connectivity index (χ1v) is 10.5. The van der Waals surface area contributed by atoms with Crippen LogP contribution in [0, 0.1) is 4.77 Å². The van der Waals surface area contributed by atoms with Crippen LogP contribution < -0.4 is 0 Å². The zero-order chi connectivity index (χ0) is 21.2. The second-order valence-corrected chi connectivity index (χ2v) is 7.88. The third-order valence-electron chi connectivity index (χ3n) is 5.16. The Balaban J connectivity index is 1.46. The molecule has 6 nitrogen and oxygen atoms in total. The maximum absolute atomic E-state index is 5.60. The van der Waals surface area contributed by atoms with Crippen molar-refractivity contribution in [3.05, 3.63) is 102 Å². The summed E-state index contributed by atoms with van der Waals surface area (Å²) in [4.78, 5) is 2.20. The summed E-state index contributed by atoms with van der Waals surface area (Å²) in [5, 5.41) is 9.55. The highest BCUT2D eigenvalue weighted by molar-refractivity contribution is 7.71. The summed E-state index contributed by atoms with van der Waals surface area (Å²) < 4.78 is 6.41. The Bertz CT molecular complexity index is 1370. The molecule has 31 heavy (non-hydrogen) atoms. The number of fused-ring (bicyclic) bond motifs is 1. The summed E-state index contributed by atoms with van der Waals surface area (Å²) in [6.07, 6.45) is 4.05. The van der Waals surface area contributed by atoms with E-state index >= 15 is 0 Å². The van der Waals surface area contributed by atoms with Crippen molar-refractivity contribution in [2.45, 2.75) is 13.2 Å². The van der Waals surface area contributed by atoms with Crippen molar-refractivity contribution in [1.29, 1.82) is 0 Å². The number of nitrogens with zero attached hydrogens (tertiary/aromatic N) is 6. The summed E-state index contributed by atoms with van der Waals surface area (Å²) in [6, 6.07) is 26.4. The maximum atomic E-state index is 5.60. The van der Waals surface area contributed by atoms with Crippen molar-refractivity contribution in [2.75, 3.05) is 7.05 Å². The van der Waals surface area contributed by atoms with Gasteiger partial charge < -0.3 is 0 Å². The molecule has 0 aliphatic rings. The first kappa shape index (κ1) is 19.4. The van der Waals surface area contributed by atoms with E-state index in [4.69, 9.17) is 17.3 Å². The first-order chi connectivity index (χ1) is 15.2. The van der Waals surface area contributed by atoms with E-state index in [0.717, 1.165) is 28.2 Å². The topological polar surface area (TPSA) is 43.3 Å². The molecule has 3 heterocycles. The molecule has 0 saturated heterocycles. The van der Waals surface area contributed by atoms with Gasteiger partial charge in [0.05, 0.1) is 18.1 Å². The Morgan fingerprint density at radius 3 is 2.32 bits per heavy atom. The summed E-state index contributed by atoms with van der Waals surface area (Å²) in [5.41, 5.74) is 5.12. The lowest BCUT2D eigenvalue weighted by Gasteiger charge is -2.16. The third kappa shape index (κ3) is 3.93. The number of rotatable bonds is 6. The Kier molecular flexibility index (Phi) is 5.19. The molecule has 0 aliphatic carbocycles. The summed E-state index contributed by atoms with van der Waals surface area (Å²) in [5.74, 6) is 0. The van der Waals surface area contributed by atoms with Gasteiger partial charge in [-0.1, -0.05) is 54.6 Å². The molecule has 7 heteroatoms. The van der Waals surface area contributed by atoms with Crippen molar-refractivity contribution < 1.29 is 0 Å². The van der Waals surface area contributed by atoms with E-state index in [-0.39, 0.29) is 0 Å². The number of para-hydroxylation sites is 1. The molecule has 5 rings (SSSR count). The lowest BCUT2D eigenvalue weighted by Crippen LogP contribution is -2.22. The Labute approximate surface area is 185 Å². The van der Waals surface area contributed by atoms with Crippen molar-refractivity contribution in [1.82, 2.24) is 28.9 Å². The van der Waals surface area contributed by atoms with E-state index in [1.165, 1.54) is 0 Å². The molecule has 0 aliphatic heterocycles. The van der Waals surface area contributed by atoms with Gasteiger partial charge in [0.25, 0.3) is 0 Å². The molecule has 3 aromatic heterocycles. The lowest BCUT2D eigenvalue weighted by molar-refractivity contribution is 0.245. The van der Waals surface area contributed by atoms with Crippen molar-refractivity contribution in [3.8, 4) is 16.9 Å². The monoisotopic (exact) mass is 426 g/mol. The molecular formula is C24H22N6S. The van der Waals surface area contributed by atoms with Gasteiger partial charge in [-0.15, -0.1) is 0 Å². The normalized spacial score (nSPS) is 11.4. The van der Waals surface area contributed by atoms with Crippen LogP contribution in [-0.4, -0.2) is 35.9 Å². The molecule has 0 radical (unpaired) electrons. The second-order valence-electron chi connectivity index (χ2n) is 7.52. The molecule has 0 atom stereocenters. The highest BCUT2D eigenvalue weighted by Gasteiger charge is 2.15. The van der Waals surface area contributed by atoms with Gasteiger partial charge >= 0.3 is 0 Å². The Morgan fingerprint density at radius 1 is 0.871 bits per heavy atom. The van der Waals surface area contributed by atoms with Gasteiger partial charge in [-0.05, 0) is 43.5 Å². The summed E-state index contributed by atoms with van der Waals surface area (Å²) >= 11 is 5.60. The van der Waals surface area contributed by atoms with Crippen LogP contribution in [0.2, 0.25) is 0 Å². The molecule has 0 amide bonds. The van der Waals surface area contributed by atoms with Crippen LogP contribution in [0.5, 0.6) is 0 Å². The number of hydrogen-bond acceptors (Lipinski definition) is 4. The Hall–Kier alpha value is -3.55. The van der Waals surface area contributed by atoms with E-state index in [1.54, 1.807) is 0 Å².